The van der Waals surface area contributed by atoms with Crippen molar-refractivity contribution in [2.45, 2.75) is 13.3 Å². The van der Waals surface area contributed by atoms with Crippen LogP contribution in [0.15, 0.2) is 12.1 Å². The molecule has 0 aliphatic carbocycles. The maximum absolute atomic E-state index is 13.4. The van der Waals surface area contributed by atoms with Crippen molar-refractivity contribution in [3.8, 4) is 0 Å². The number of halogens is 1. The van der Waals surface area contributed by atoms with E-state index in [2.05, 4.69) is 4.83 Å². The molecular weight excluding hydrogens is 219 g/mol. The number of hydrogen-bond acceptors (Lipinski definition) is 2. The van der Waals surface area contributed by atoms with Crippen LogP contribution >= 0.6 is 0 Å². The van der Waals surface area contributed by atoms with Crippen molar-refractivity contribution in [1.82, 2.24) is 4.83 Å². The molecule has 4 nitrogen and oxygen atoms in total. The SMILES string of the molecule is Cc1ccc(F)c2c1N(NS(=O)O)CC2. The number of hydrazine groups is 1. The zero-order valence-electron chi connectivity index (χ0n) is 8.16. The van der Waals surface area contributed by atoms with E-state index < -0.39 is 11.3 Å². The van der Waals surface area contributed by atoms with Crippen molar-refractivity contribution < 1.29 is 13.2 Å². The molecule has 1 aliphatic heterocycles. The smallest absolute Gasteiger partial charge is 0.250 e. The maximum atomic E-state index is 13.4. The van der Waals surface area contributed by atoms with Crippen LogP contribution in [0.4, 0.5) is 10.1 Å². The van der Waals surface area contributed by atoms with Gasteiger partial charge in [0.15, 0.2) is 0 Å². The molecule has 1 atom stereocenters. The molecular formula is C9H11FN2O2S. The third-order valence-corrected chi connectivity index (χ3v) is 2.85. The predicted molar refractivity (Wildman–Crippen MR) is 56.1 cm³/mol. The fourth-order valence-corrected chi connectivity index (χ4v) is 2.23. The lowest BCUT2D eigenvalue weighted by molar-refractivity contribution is 0.545. The zero-order chi connectivity index (χ0) is 11.0. The summed E-state index contributed by atoms with van der Waals surface area (Å²) in [6, 6.07) is 3.09. The quantitative estimate of drug-likeness (QED) is 0.749. The zero-order valence-corrected chi connectivity index (χ0v) is 8.97. The van der Waals surface area contributed by atoms with Crippen molar-refractivity contribution in [2.24, 2.45) is 0 Å². The third kappa shape index (κ3) is 1.88. The molecule has 15 heavy (non-hydrogen) atoms. The van der Waals surface area contributed by atoms with Crippen molar-refractivity contribution in [3.05, 3.63) is 29.1 Å². The van der Waals surface area contributed by atoms with Crippen molar-refractivity contribution in [3.63, 3.8) is 0 Å². The summed E-state index contributed by atoms with van der Waals surface area (Å²) in [5.41, 5.74) is 2.17. The topological polar surface area (TPSA) is 52.6 Å². The lowest BCUT2D eigenvalue weighted by atomic mass is 10.1. The highest BCUT2D eigenvalue weighted by molar-refractivity contribution is 7.77. The molecule has 0 radical (unpaired) electrons. The average Bonchev–Trinajstić information content (AvgIpc) is 2.56. The Morgan fingerprint density at radius 3 is 3.00 bits per heavy atom. The Balaban J connectivity index is 2.41. The van der Waals surface area contributed by atoms with E-state index in [1.54, 1.807) is 6.07 Å². The number of anilines is 1. The third-order valence-electron chi connectivity index (χ3n) is 2.47. The van der Waals surface area contributed by atoms with E-state index in [0.717, 1.165) is 5.56 Å². The summed E-state index contributed by atoms with van der Waals surface area (Å²) in [6.45, 7) is 2.35. The summed E-state index contributed by atoms with van der Waals surface area (Å²) < 4.78 is 32.7. The van der Waals surface area contributed by atoms with E-state index in [1.807, 2.05) is 6.92 Å². The Morgan fingerprint density at radius 2 is 2.33 bits per heavy atom. The predicted octanol–water partition coefficient (Wildman–Crippen LogP) is 1.14. The number of aryl methyl sites for hydroxylation is 1. The van der Waals surface area contributed by atoms with Gasteiger partial charge in [0.05, 0.1) is 5.69 Å². The van der Waals surface area contributed by atoms with Gasteiger partial charge < -0.3 is 0 Å². The minimum Gasteiger partial charge on any atom is -0.294 e. The van der Waals surface area contributed by atoms with Gasteiger partial charge in [-0.15, -0.1) is 4.83 Å². The lowest BCUT2D eigenvalue weighted by Gasteiger charge is -2.19. The summed E-state index contributed by atoms with van der Waals surface area (Å²) in [5.74, 6) is -0.261. The molecule has 1 aromatic carbocycles. The van der Waals surface area contributed by atoms with Crippen LogP contribution in [-0.2, 0) is 17.7 Å². The monoisotopic (exact) mass is 230 g/mol. The van der Waals surface area contributed by atoms with E-state index in [9.17, 15) is 8.60 Å². The molecule has 82 valence electrons. The summed E-state index contributed by atoms with van der Waals surface area (Å²) in [4.78, 5) is 2.36. The number of rotatable bonds is 2. The first-order valence-corrected chi connectivity index (χ1v) is 5.63. The number of fused-ring (bicyclic) bond motifs is 1. The highest BCUT2D eigenvalue weighted by Gasteiger charge is 2.24. The molecule has 1 heterocycles. The van der Waals surface area contributed by atoms with Crippen LogP contribution in [0.3, 0.4) is 0 Å². The van der Waals surface area contributed by atoms with E-state index in [-0.39, 0.29) is 5.82 Å². The molecule has 2 rings (SSSR count). The molecule has 0 saturated heterocycles. The van der Waals surface area contributed by atoms with Crippen molar-refractivity contribution in [1.29, 1.82) is 0 Å². The molecule has 0 bridgehead atoms. The van der Waals surface area contributed by atoms with Crippen LogP contribution in [0.2, 0.25) is 0 Å². The van der Waals surface area contributed by atoms with Crippen molar-refractivity contribution >= 4 is 17.0 Å². The van der Waals surface area contributed by atoms with Gasteiger partial charge in [0.2, 0.25) is 0 Å². The largest absolute Gasteiger partial charge is 0.294 e. The molecule has 6 heteroatoms. The minimum absolute atomic E-state index is 0.261. The first-order chi connectivity index (χ1) is 7.09. The van der Waals surface area contributed by atoms with E-state index in [4.69, 9.17) is 4.55 Å². The van der Waals surface area contributed by atoms with Gasteiger partial charge in [-0.25, -0.2) is 8.60 Å². The van der Waals surface area contributed by atoms with E-state index in [0.29, 0.717) is 24.2 Å². The molecule has 1 unspecified atom stereocenters. The van der Waals surface area contributed by atoms with E-state index >= 15 is 0 Å². The fraction of sp³-hybridized carbons (Fsp3) is 0.333. The first-order valence-electron chi connectivity index (χ1n) is 4.52. The molecule has 0 fully saturated rings. The Bertz CT molecular complexity index is 425. The maximum Gasteiger partial charge on any atom is 0.250 e. The number of nitrogens with one attached hydrogen (secondary N) is 1. The second-order valence-corrected chi connectivity index (χ2v) is 4.11. The molecule has 1 aromatic rings. The van der Waals surface area contributed by atoms with E-state index in [1.165, 1.54) is 11.1 Å². The number of hydrogen-bond donors (Lipinski definition) is 2. The second-order valence-electron chi connectivity index (χ2n) is 3.43. The summed E-state index contributed by atoms with van der Waals surface area (Å²) in [6.07, 6.45) is 0.549. The molecule has 1 aliphatic rings. The van der Waals surface area contributed by atoms with Gasteiger partial charge in [-0.05, 0) is 25.0 Å². The van der Waals surface area contributed by atoms with Gasteiger partial charge in [0.1, 0.15) is 5.82 Å². The lowest BCUT2D eigenvalue weighted by Crippen LogP contribution is -2.37. The van der Waals surface area contributed by atoms with Gasteiger partial charge in [0.25, 0.3) is 11.3 Å². The molecule has 0 amide bonds. The first kappa shape index (κ1) is 10.5. The van der Waals surface area contributed by atoms with Gasteiger partial charge >= 0.3 is 0 Å². The highest BCUT2D eigenvalue weighted by Crippen LogP contribution is 2.32. The van der Waals surface area contributed by atoms with Gasteiger partial charge in [-0.3, -0.25) is 9.56 Å². The Labute approximate surface area is 89.5 Å². The van der Waals surface area contributed by atoms with Crippen LogP contribution in [0.5, 0.6) is 0 Å². The number of nitrogens with zero attached hydrogens (tertiary/aromatic N) is 1. The molecule has 0 saturated carbocycles. The molecule has 2 N–H and O–H groups in total. The normalized spacial score (nSPS) is 16.6. The van der Waals surface area contributed by atoms with Crippen LogP contribution in [0.25, 0.3) is 0 Å². The van der Waals surface area contributed by atoms with Crippen LogP contribution in [0.1, 0.15) is 11.1 Å². The average molecular weight is 230 g/mol. The van der Waals surface area contributed by atoms with Gasteiger partial charge in [-0.1, -0.05) is 6.07 Å². The Kier molecular flexibility index (Phi) is 2.72. The molecule has 0 aromatic heterocycles. The van der Waals surface area contributed by atoms with Crippen molar-refractivity contribution in [2.75, 3.05) is 11.6 Å². The molecule has 0 spiro atoms. The highest BCUT2D eigenvalue weighted by atomic mass is 32.2. The van der Waals surface area contributed by atoms with Crippen LogP contribution in [0, 0.1) is 12.7 Å². The summed E-state index contributed by atoms with van der Waals surface area (Å²) in [5, 5.41) is 1.52. The van der Waals surface area contributed by atoms with Gasteiger partial charge in [-0.2, -0.15) is 0 Å². The standard InChI is InChI=1S/C9H11FN2O2S/c1-6-2-3-8(10)7-4-5-12(9(6)7)11-15(13)14/h2-3,11H,4-5H2,1H3,(H,13,14). The Morgan fingerprint density at radius 1 is 1.60 bits per heavy atom. The Hall–Kier alpha value is -0.980. The second kappa shape index (κ2) is 3.88. The van der Waals surface area contributed by atoms with Gasteiger partial charge in [0, 0.05) is 12.1 Å². The number of benzene rings is 1. The summed E-state index contributed by atoms with van der Waals surface area (Å²) in [7, 11) is 0. The minimum atomic E-state index is -2.12. The van der Waals surface area contributed by atoms with Crippen LogP contribution in [-0.4, -0.2) is 15.3 Å². The fourth-order valence-electron chi connectivity index (χ4n) is 1.86. The summed E-state index contributed by atoms with van der Waals surface area (Å²) >= 11 is -2.12. The van der Waals surface area contributed by atoms with Crippen LogP contribution < -0.4 is 9.84 Å².